The van der Waals surface area contributed by atoms with Crippen molar-refractivity contribution in [3.8, 4) is 0 Å². The molecule has 1 aromatic rings. The fraction of sp³-hybridized carbons (Fsp3) is 0.400. The van der Waals surface area contributed by atoms with Gasteiger partial charge in [-0.05, 0) is 36.1 Å². The Morgan fingerprint density at radius 3 is 2.61 bits per heavy atom. The molecule has 1 fully saturated rings. The van der Waals surface area contributed by atoms with Crippen molar-refractivity contribution in [1.29, 1.82) is 0 Å². The molecule has 1 saturated heterocycles. The third-order valence-corrected chi connectivity index (χ3v) is 3.33. The smallest absolute Gasteiger partial charge is 0.328 e. The molecule has 18 heavy (non-hydrogen) atoms. The van der Waals surface area contributed by atoms with Crippen molar-refractivity contribution in [2.45, 2.75) is 19.8 Å². The second kappa shape index (κ2) is 5.71. The largest absolute Gasteiger partial charge is 0.478 e. The van der Waals surface area contributed by atoms with E-state index >= 15 is 0 Å². The maximum atomic E-state index is 10.4. The Morgan fingerprint density at radius 2 is 2.06 bits per heavy atom. The van der Waals surface area contributed by atoms with Crippen LogP contribution < -0.4 is 4.90 Å². The molecule has 0 spiro atoms. The van der Waals surface area contributed by atoms with Crippen LogP contribution in [0.15, 0.2) is 30.3 Å². The Bertz CT molecular complexity index is 430. The molecule has 0 radical (unpaired) electrons. The Kier molecular flexibility index (Phi) is 4.03. The first-order chi connectivity index (χ1) is 8.69. The van der Waals surface area contributed by atoms with Gasteiger partial charge in [-0.3, -0.25) is 0 Å². The SMILES string of the molecule is CCCC1CN(c2ccc(/C=C/C(=O)O)cc2)C1. The molecule has 3 nitrogen and oxygen atoms in total. The minimum atomic E-state index is -0.913. The molecule has 0 aliphatic carbocycles. The molecule has 0 amide bonds. The number of benzene rings is 1. The third-order valence-electron chi connectivity index (χ3n) is 3.33. The van der Waals surface area contributed by atoms with E-state index in [9.17, 15) is 4.79 Å². The zero-order chi connectivity index (χ0) is 13.0. The second-order valence-electron chi connectivity index (χ2n) is 4.82. The van der Waals surface area contributed by atoms with Crippen molar-refractivity contribution in [2.75, 3.05) is 18.0 Å². The number of nitrogens with zero attached hydrogens (tertiary/aromatic N) is 1. The lowest BCUT2D eigenvalue weighted by Gasteiger charge is -2.41. The molecule has 0 saturated carbocycles. The van der Waals surface area contributed by atoms with Crippen molar-refractivity contribution in [3.63, 3.8) is 0 Å². The molecule has 3 heteroatoms. The van der Waals surface area contributed by atoms with Crippen LogP contribution in [-0.4, -0.2) is 24.2 Å². The average molecular weight is 245 g/mol. The number of hydrogen-bond acceptors (Lipinski definition) is 2. The highest BCUT2D eigenvalue weighted by Gasteiger charge is 2.25. The Balaban J connectivity index is 1.91. The van der Waals surface area contributed by atoms with Gasteiger partial charge in [0.2, 0.25) is 0 Å². The highest BCUT2D eigenvalue weighted by Crippen LogP contribution is 2.27. The molecule has 0 bridgehead atoms. The van der Waals surface area contributed by atoms with Gasteiger partial charge < -0.3 is 10.0 Å². The van der Waals surface area contributed by atoms with Gasteiger partial charge in [-0.15, -0.1) is 0 Å². The van der Waals surface area contributed by atoms with E-state index in [-0.39, 0.29) is 0 Å². The summed E-state index contributed by atoms with van der Waals surface area (Å²) in [4.78, 5) is 12.8. The Hall–Kier alpha value is -1.77. The van der Waals surface area contributed by atoms with Crippen LogP contribution in [0.4, 0.5) is 5.69 Å². The quantitative estimate of drug-likeness (QED) is 0.811. The van der Waals surface area contributed by atoms with Crippen LogP contribution in [0, 0.1) is 5.92 Å². The summed E-state index contributed by atoms with van der Waals surface area (Å²) in [5.74, 6) is -0.0641. The average Bonchev–Trinajstić information content (AvgIpc) is 2.31. The van der Waals surface area contributed by atoms with Gasteiger partial charge in [0, 0.05) is 24.9 Å². The summed E-state index contributed by atoms with van der Waals surface area (Å²) >= 11 is 0. The number of aliphatic carboxylic acids is 1. The van der Waals surface area contributed by atoms with Gasteiger partial charge in [0.25, 0.3) is 0 Å². The molecule has 0 aromatic heterocycles. The lowest BCUT2D eigenvalue weighted by atomic mass is 9.94. The molecule has 2 rings (SSSR count). The maximum absolute atomic E-state index is 10.4. The zero-order valence-corrected chi connectivity index (χ0v) is 10.7. The van der Waals surface area contributed by atoms with E-state index < -0.39 is 5.97 Å². The van der Waals surface area contributed by atoms with Crippen LogP contribution in [0.5, 0.6) is 0 Å². The monoisotopic (exact) mass is 245 g/mol. The lowest BCUT2D eigenvalue weighted by Crippen LogP contribution is -2.46. The summed E-state index contributed by atoms with van der Waals surface area (Å²) in [5.41, 5.74) is 2.15. The normalized spacial score (nSPS) is 15.9. The van der Waals surface area contributed by atoms with Crippen molar-refractivity contribution in [1.82, 2.24) is 0 Å². The van der Waals surface area contributed by atoms with E-state index in [0.717, 1.165) is 30.6 Å². The molecule has 1 N–H and O–H groups in total. The van der Waals surface area contributed by atoms with Gasteiger partial charge in [0.05, 0.1) is 0 Å². The van der Waals surface area contributed by atoms with Crippen molar-refractivity contribution < 1.29 is 9.90 Å². The van der Waals surface area contributed by atoms with Crippen LogP contribution in [0.3, 0.4) is 0 Å². The van der Waals surface area contributed by atoms with E-state index in [2.05, 4.69) is 24.0 Å². The number of carboxylic acids is 1. The van der Waals surface area contributed by atoms with Gasteiger partial charge in [0.15, 0.2) is 0 Å². The maximum Gasteiger partial charge on any atom is 0.328 e. The van der Waals surface area contributed by atoms with Crippen molar-refractivity contribution in [2.24, 2.45) is 5.92 Å². The number of rotatable bonds is 5. The molecule has 1 aliphatic heterocycles. The van der Waals surface area contributed by atoms with Gasteiger partial charge in [-0.2, -0.15) is 0 Å². The molecule has 0 unspecified atom stereocenters. The van der Waals surface area contributed by atoms with E-state index in [0.29, 0.717) is 0 Å². The van der Waals surface area contributed by atoms with Gasteiger partial charge in [-0.1, -0.05) is 25.5 Å². The van der Waals surface area contributed by atoms with E-state index in [1.807, 2.05) is 12.1 Å². The fourth-order valence-electron chi connectivity index (χ4n) is 2.34. The van der Waals surface area contributed by atoms with Crippen molar-refractivity contribution in [3.05, 3.63) is 35.9 Å². The summed E-state index contributed by atoms with van der Waals surface area (Å²) in [6.07, 6.45) is 5.35. The molecular weight excluding hydrogens is 226 g/mol. The zero-order valence-electron chi connectivity index (χ0n) is 10.7. The number of anilines is 1. The summed E-state index contributed by atoms with van der Waals surface area (Å²) in [5, 5.41) is 8.55. The Labute approximate surface area is 108 Å². The number of carbonyl (C=O) groups is 1. The number of hydrogen-bond donors (Lipinski definition) is 1. The van der Waals surface area contributed by atoms with Gasteiger partial charge in [-0.25, -0.2) is 4.79 Å². The lowest BCUT2D eigenvalue weighted by molar-refractivity contribution is -0.131. The number of carboxylic acid groups (broad SMARTS) is 1. The second-order valence-corrected chi connectivity index (χ2v) is 4.82. The van der Waals surface area contributed by atoms with Crippen LogP contribution in [0.1, 0.15) is 25.3 Å². The standard InChI is InChI=1S/C15H19NO2/c1-2-3-13-10-16(11-13)14-7-4-12(5-8-14)6-9-15(17)18/h4-9,13H,2-3,10-11H2,1H3,(H,17,18)/b9-6+. The van der Waals surface area contributed by atoms with E-state index in [1.54, 1.807) is 6.08 Å². The first-order valence-corrected chi connectivity index (χ1v) is 6.45. The summed E-state index contributed by atoms with van der Waals surface area (Å²) in [6.45, 7) is 4.53. The minimum Gasteiger partial charge on any atom is -0.478 e. The minimum absolute atomic E-state index is 0.849. The molecule has 1 aliphatic rings. The first-order valence-electron chi connectivity index (χ1n) is 6.45. The molecular formula is C15H19NO2. The predicted molar refractivity (Wildman–Crippen MR) is 73.7 cm³/mol. The van der Waals surface area contributed by atoms with Crippen molar-refractivity contribution >= 4 is 17.7 Å². The predicted octanol–water partition coefficient (Wildman–Crippen LogP) is 3.02. The Morgan fingerprint density at radius 1 is 1.39 bits per heavy atom. The molecule has 1 aromatic carbocycles. The van der Waals surface area contributed by atoms with Gasteiger partial charge >= 0.3 is 5.97 Å². The van der Waals surface area contributed by atoms with Crippen LogP contribution in [-0.2, 0) is 4.79 Å². The van der Waals surface area contributed by atoms with Crippen LogP contribution in [0.25, 0.3) is 6.08 Å². The van der Waals surface area contributed by atoms with E-state index in [1.165, 1.54) is 18.5 Å². The topological polar surface area (TPSA) is 40.5 Å². The van der Waals surface area contributed by atoms with Crippen LogP contribution >= 0.6 is 0 Å². The van der Waals surface area contributed by atoms with E-state index in [4.69, 9.17) is 5.11 Å². The summed E-state index contributed by atoms with van der Waals surface area (Å²) in [6, 6.07) is 8.04. The first kappa shape index (κ1) is 12.7. The molecule has 96 valence electrons. The summed E-state index contributed by atoms with van der Waals surface area (Å²) in [7, 11) is 0. The molecule has 0 atom stereocenters. The highest BCUT2D eigenvalue weighted by atomic mass is 16.4. The third kappa shape index (κ3) is 3.13. The highest BCUT2D eigenvalue weighted by molar-refractivity contribution is 5.85. The molecule has 1 heterocycles. The fourth-order valence-corrected chi connectivity index (χ4v) is 2.34. The summed E-state index contributed by atoms with van der Waals surface area (Å²) < 4.78 is 0. The van der Waals surface area contributed by atoms with Crippen LogP contribution in [0.2, 0.25) is 0 Å². The van der Waals surface area contributed by atoms with Gasteiger partial charge in [0.1, 0.15) is 0 Å².